The zero-order valence-corrected chi connectivity index (χ0v) is 19.6. The van der Waals surface area contributed by atoms with Crippen molar-refractivity contribution < 1.29 is 22.4 Å². The molecule has 0 N–H and O–H groups in total. The van der Waals surface area contributed by atoms with Crippen LogP contribution in [0.15, 0.2) is 78.0 Å². The van der Waals surface area contributed by atoms with Crippen LogP contribution >= 0.6 is 0 Å². The van der Waals surface area contributed by atoms with Crippen molar-refractivity contribution in [3.8, 4) is 0 Å². The minimum atomic E-state index is -4.24. The smallest absolute Gasteiger partial charge is 0.252 e. The van der Waals surface area contributed by atoms with E-state index in [1.165, 1.54) is 6.20 Å². The summed E-state index contributed by atoms with van der Waals surface area (Å²) in [5.41, 5.74) is 1.99. The van der Waals surface area contributed by atoms with Crippen molar-refractivity contribution in [2.75, 3.05) is 4.90 Å². The molecule has 176 valence electrons. The fourth-order valence-corrected chi connectivity index (χ4v) is 5.47. The Morgan fingerprint density at radius 1 is 1.06 bits per heavy atom. The molecule has 1 aliphatic rings. The van der Waals surface area contributed by atoms with E-state index >= 15 is 0 Å². The number of anilines is 1. The molecule has 7 nitrogen and oxygen atoms in total. The lowest BCUT2D eigenvalue weighted by atomic mass is 10.0. The highest BCUT2D eigenvalue weighted by molar-refractivity contribution is 7.89. The second kappa shape index (κ2) is 9.44. The Balaban J connectivity index is 1.72. The molecule has 0 aliphatic carbocycles. The maximum atomic E-state index is 13.6. The third-order valence-corrected chi connectivity index (χ3v) is 7.64. The van der Waals surface area contributed by atoms with Crippen LogP contribution in [0.4, 0.5) is 10.1 Å². The van der Waals surface area contributed by atoms with Crippen molar-refractivity contribution in [2.45, 2.75) is 43.7 Å². The molecule has 2 aromatic carbocycles. The fourth-order valence-electron chi connectivity index (χ4n) is 3.90. The molecule has 0 radical (unpaired) electrons. The van der Waals surface area contributed by atoms with Gasteiger partial charge in [0.1, 0.15) is 11.9 Å². The van der Waals surface area contributed by atoms with Gasteiger partial charge < -0.3 is 0 Å². The molecule has 1 aromatic heterocycles. The maximum absolute atomic E-state index is 13.6. The average molecular weight is 482 g/mol. The van der Waals surface area contributed by atoms with Crippen molar-refractivity contribution >= 4 is 27.5 Å². The molecule has 0 spiro atoms. The monoisotopic (exact) mass is 481 g/mol. The molecule has 4 rings (SSSR count). The molecule has 2 amide bonds. The van der Waals surface area contributed by atoms with Crippen LogP contribution in [0.1, 0.15) is 37.3 Å². The number of hydrogen-bond donors (Lipinski definition) is 0. The summed E-state index contributed by atoms with van der Waals surface area (Å²) in [4.78, 5) is 31.2. The Bertz CT molecular complexity index is 1290. The number of rotatable bonds is 7. The van der Waals surface area contributed by atoms with Gasteiger partial charge in [-0.1, -0.05) is 32.0 Å². The van der Waals surface area contributed by atoms with E-state index in [1.54, 1.807) is 30.5 Å². The van der Waals surface area contributed by atoms with Crippen molar-refractivity contribution in [1.82, 2.24) is 9.29 Å². The van der Waals surface area contributed by atoms with Crippen molar-refractivity contribution in [1.29, 1.82) is 0 Å². The molecule has 1 unspecified atom stereocenters. The van der Waals surface area contributed by atoms with Gasteiger partial charge in [-0.25, -0.2) is 17.7 Å². The number of nitrogens with zero attached hydrogens (tertiary/aromatic N) is 3. The number of halogens is 1. The normalized spacial score (nSPS) is 16.6. The lowest BCUT2D eigenvalue weighted by Gasteiger charge is -2.27. The number of carbonyl (C=O) groups is 2. The van der Waals surface area contributed by atoms with Gasteiger partial charge in [0.25, 0.3) is 5.91 Å². The highest BCUT2D eigenvalue weighted by Gasteiger charge is 2.47. The van der Waals surface area contributed by atoms with E-state index in [0.717, 1.165) is 39.0 Å². The highest BCUT2D eigenvalue weighted by atomic mass is 32.2. The summed E-state index contributed by atoms with van der Waals surface area (Å²) in [5.74, 6) is -1.42. The first-order chi connectivity index (χ1) is 16.2. The number of hydrogen-bond acceptors (Lipinski definition) is 5. The first-order valence-corrected chi connectivity index (χ1v) is 12.3. The number of sulfonamides is 1. The Labute approximate surface area is 197 Å². The molecular weight excluding hydrogens is 457 g/mol. The van der Waals surface area contributed by atoms with Crippen LogP contribution in [0, 0.1) is 5.82 Å². The summed E-state index contributed by atoms with van der Waals surface area (Å²) in [7, 11) is -4.24. The average Bonchev–Trinajstić information content (AvgIpc) is 3.11. The van der Waals surface area contributed by atoms with Gasteiger partial charge in [0.15, 0.2) is 0 Å². The molecular formula is C25H24FN3O4S. The van der Waals surface area contributed by atoms with Crippen LogP contribution in [0.25, 0.3) is 0 Å². The van der Waals surface area contributed by atoms with Crippen LogP contribution in [0.3, 0.4) is 0 Å². The van der Waals surface area contributed by atoms with Gasteiger partial charge in [0, 0.05) is 18.9 Å². The Hall–Kier alpha value is -3.43. The molecule has 9 heteroatoms. The largest absolute Gasteiger partial charge is 0.274 e. The summed E-state index contributed by atoms with van der Waals surface area (Å²) in [5, 5.41) is 0. The molecule has 34 heavy (non-hydrogen) atoms. The summed E-state index contributed by atoms with van der Waals surface area (Å²) in [6.45, 7) is 3.90. The number of pyridine rings is 1. The Morgan fingerprint density at radius 3 is 2.32 bits per heavy atom. The van der Waals surface area contributed by atoms with Crippen LogP contribution in [-0.2, 0) is 26.2 Å². The van der Waals surface area contributed by atoms with E-state index in [-0.39, 0.29) is 23.8 Å². The van der Waals surface area contributed by atoms with Crippen molar-refractivity contribution in [3.63, 3.8) is 0 Å². The van der Waals surface area contributed by atoms with E-state index in [2.05, 4.69) is 4.98 Å². The zero-order chi connectivity index (χ0) is 24.5. The van der Waals surface area contributed by atoms with E-state index in [4.69, 9.17) is 0 Å². The third-order valence-electron chi connectivity index (χ3n) is 5.77. The second-order valence-corrected chi connectivity index (χ2v) is 10.3. The molecule has 1 saturated heterocycles. The maximum Gasteiger partial charge on any atom is 0.252 e. The van der Waals surface area contributed by atoms with Gasteiger partial charge in [-0.15, -0.1) is 0 Å². The third kappa shape index (κ3) is 4.62. The number of amides is 2. The van der Waals surface area contributed by atoms with Crippen LogP contribution < -0.4 is 4.90 Å². The van der Waals surface area contributed by atoms with Crippen molar-refractivity contribution in [3.05, 3.63) is 90.0 Å². The quantitative estimate of drug-likeness (QED) is 0.478. The summed E-state index contributed by atoms with van der Waals surface area (Å²) in [6.07, 6.45) is 2.75. The number of imide groups is 1. The molecule has 1 atom stereocenters. The van der Waals surface area contributed by atoms with Gasteiger partial charge in [-0.3, -0.25) is 14.6 Å². The van der Waals surface area contributed by atoms with E-state index in [0.29, 0.717) is 11.3 Å². The number of benzene rings is 2. The van der Waals surface area contributed by atoms with Crippen LogP contribution in [0.5, 0.6) is 0 Å². The van der Waals surface area contributed by atoms with Gasteiger partial charge in [-0.2, -0.15) is 4.31 Å². The standard InChI is InChI=1S/C25H24FN3O4S/c1-17(2)19-5-9-21(10-6-19)29-24(30)14-23(25(29)31)28(16-18-4-3-13-27-15-18)34(32,33)22-11-7-20(26)8-12-22/h3-13,15,17,23H,14,16H2,1-2H3. The molecule has 1 aliphatic heterocycles. The molecule has 0 bridgehead atoms. The van der Waals surface area contributed by atoms with E-state index < -0.39 is 33.7 Å². The molecule has 0 saturated carbocycles. The van der Waals surface area contributed by atoms with Crippen molar-refractivity contribution in [2.24, 2.45) is 0 Å². The first-order valence-electron chi connectivity index (χ1n) is 10.8. The topological polar surface area (TPSA) is 87.7 Å². The van der Waals surface area contributed by atoms with Crippen LogP contribution in [-0.4, -0.2) is 35.6 Å². The molecule has 2 heterocycles. The summed E-state index contributed by atoms with van der Waals surface area (Å²) < 4.78 is 41.5. The van der Waals surface area contributed by atoms with E-state index in [9.17, 15) is 22.4 Å². The predicted octanol–water partition coefficient (Wildman–Crippen LogP) is 3.87. The predicted molar refractivity (Wildman–Crippen MR) is 125 cm³/mol. The lowest BCUT2D eigenvalue weighted by Crippen LogP contribution is -2.45. The van der Waals surface area contributed by atoms with Gasteiger partial charge in [0.2, 0.25) is 15.9 Å². The molecule has 3 aromatic rings. The SMILES string of the molecule is CC(C)c1ccc(N2C(=O)CC(N(Cc3cccnc3)S(=O)(=O)c3ccc(F)cc3)C2=O)cc1. The summed E-state index contributed by atoms with van der Waals surface area (Å²) in [6, 6.07) is 13.5. The second-order valence-electron chi connectivity index (χ2n) is 8.40. The van der Waals surface area contributed by atoms with Gasteiger partial charge >= 0.3 is 0 Å². The summed E-state index contributed by atoms with van der Waals surface area (Å²) >= 11 is 0. The lowest BCUT2D eigenvalue weighted by molar-refractivity contribution is -0.122. The highest BCUT2D eigenvalue weighted by Crippen LogP contribution is 2.31. The Kier molecular flexibility index (Phi) is 6.58. The van der Waals surface area contributed by atoms with Gasteiger partial charge in [-0.05, 0) is 59.5 Å². The molecule has 1 fully saturated rings. The first kappa shape index (κ1) is 23.7. The minimum Gasteiger partial charge on any atom is -0.274 e. The number of aromatic nitrogens is 1. The zero-order valence-electron chi connectivity index (χ0n) is 18.8. The number of carbonyl (C=O) groups excluding carboxylic acids is 2. The van der Waals surface area contributed by atoms with Crippen LogP contribution in [0.2, 0.25) is 0 Å². The van der Waals surface area contributed by atoms with E-state index in [1.807, 2.05) is 26.0 Å². The van der Waals surface area contributed by atoms with Gasteiger partial charge in [0.05, 0.1) is 17.0 Å². The fraction of sp³-hybridized carbons (Fsp3) is 0.240. The minimum absolute atomic E-state index is 0.169. The Morgan fingerprint density at radius 2 is 1.74 bits per heavy atom.